The van der Waals surface area contributed by atoms with Gasteiger partial charge in [-0.2, -0.15) is 0 Å². The molecule has 2 aliphatic rings. The molecular weight excluding hydrogens is 615 g/mol. The number of nitrogens with one attached hydrogen (secondary N) is 2. The van der Waals surface area contributed by atoms with E-state index < -0.39 is 22.2 Å². The Morgan fingerprint density at radius 2 is 1.37 bits per heavy atom. The summed E-state index contributed by atoms with van der Waals surface area (Å²) in [4.78, 5) is 41.6. The highest BCUT2D eigenvalue weighted by atomic mass is 32.2. The number of carbonyl (C=O) groups is 3. The molecule has 2 aromatic carbocycles. The molecule has 1 atom stereocenters. The van der Waals surface area contributed by atoms with E-state index in [1.807, 2.05) is 34.6 Å². The number of hydrogen-bond acceptors (Lipinski definition) is 7. The molecule has 1 fully saturated rings. The summed E-state index contributed by atoms with van der Waals surface area (Å²) in [5.41, 5.74) is 1.38. The van der Waals surface area contributed by atoms with E-state index in [4.69, 9.17) is 9.47 Å². The smallest absolute Gasteiger partial charge is 0.414 e. The van der Waals surface area contributed by atoms with Crippen LogP contribution in [0.15, 0.2) is 47.4 Å². The fourth-order valence-electron chi connectivity index (χ4n) is 5.49. The number of halogens is 1. The van der Waals surface area contributed by atoms with E-state index in [2.05, 4.69) is 10.0 Å². The van der Waals surface area contributed by atoms with Crippen molar-refractivity contribution >= 4 is 39.5 Å². The second-order valence-electron chi connectivity index (χ2n) is 12.8. The van der Waals surface area contributed by atoms with Gasteiger partial charge in [0, 0.05) is 25.0 Å². The van der Waals surface area contributed by atoms with Gasteiger partial charge in [0.05, 0.1) is 35.5 Å². The van der Waals surface area contributed by atoms with Crippen LogP contribution in [-0.2, 0) is 24.3 Å². The van der Waals surface area contributed by atoms with Crippen LogP contribution >= 0.6 is 0 Å². The summed E-state index contributed by atoms with van der Waals surface area (Å²) in [5, 5.41) is 2.98. The number of nitrogens with zero attached hydrogens (tertiary/aromatic N) is 2. The monoisotopic (exact) mass is 660 g/mol. The lowest BCUT2D eigenvalue weighted by molar-refractivity contribution is -0.126. The number of ether oxygens (including phenoxy) is 2. The Balaban J connectivity index is 1.44. The van der Waals surface area contributed by atoms with Crippen molar-refractivity contribution < 1.29 is 36.7 Å². The quantitative estimate of drug-likeness (QED) is 0.331. The predicted molar refractivity (Wildman–Crippen MR) is 173 cm³/mol. The third-order valence-electron chi connectivity index (χ3n) is 8.06. The number of anilines is 2. The molecule has 1 aliphatic carbocycles. The Bertz CT molecular complexity index is 1490. The Labute approximate surface area is 270 Å². The summed E-state index contributed by atoms with van der Waals surface area (Å²) in [5.74, 6) is -0.494. The van der Waals surface area contributed by atoms with Crippen molar-refractivity contribution in [3.63, 3.8) is 0 Å². The number of sulfonamides is 1. The van der Waals surface area contributed by atoms with Gasteiger partial charge in [0.25, 0.3) is 0 Å². The molecule has 1 aliphatic heterocycles. The normalized spacial score (nSPS) is 19.0. The fourth-order valence-corrected chi connectivity index (χ4v) is 6.82. The average molecular weight is 661 g/mol. The van der Waals surface area contributed by atoms with Gasteiger partial charge in [-0.15, -0.1) is 0 Å². The second-order valence-corrected chi connectivity index (χ2v) is 14.6. The minimum atomic E-state index is -4.02. The van der Waals surface area contributed by atoms with Crippen molar-refractivity contribution in [3.05, 3.63) is 53.8 Å². The number of hydrogen-bond donors (Lipinski definition) is 2. The van der Waals surface area contributed by atoms with Gasteiger partial charge in [0.1, 0.15) is 5.82 Å². The van der Waals surface area contributed by atoms with Crippen molar-refractivity contribution in [2.24, 2.45) is 17.8 Å². The summed E-state index contributed by atoms with van der Waals surface area (Å²) in [7, 11) is -4.02. The first kappa shape index (κ1) is 35.1. The Morgan fingerprint density at radius 3 is 1.91 bits per heavy atom. The lowest BCUT2D eigenvalue weighted by Gasteiger charge is -2.36. The zero-order chi connectivity index (χ0) is 33.6. The summed E-state index contributed by atoms with van der Waals surface area (Å²) >= 11 is 0. The van der Waals surface area contributed by atoms with Crippen molar-refractivity contribution in [2.45, 2.75) is 77.3 Å². The van der Waals surface area contributed by atoms with Crippen LogP contribution < -0.4 is 19.8 Å². The lowest BCUT2D eigenvalue weighted by atomic mass is 9.85. The average Bonchev–Trinajstić information content (AvgIpc) is 3.02. The van der Waals surface area contributed by atoms with Gasteiger partial charge in [0.15, 0.2) is 0 Å². The van der Waals surface area contributed by atoms with Crippen LogP contribution in [0.5, 0.6) is 0 Å². The first-order valence-electron chi connectivity index (χ1n) is 15.9. The minimum Gasteiger partial charge on any atom is -0.449 e. The maximum absolute atomic E-state index is 13.6. The van der Waals surface area contributed by atoms with Crippen molar-refractivity contribution in [3.8, 4) is 0 Å². The highest BCUT2D eigenvalue weighted by Gasteiger charge is 2.35. The van der Waals surface area contributed by atoms with Crippen LogP contribution in [0.4, 0.5) is 25.4 Å². The van der Waals surface area contributed by atoms with E-state index in [0.717, 1.165) is 5.56 Å². The Morgan fingerprint density at radius 1 is 0.826 bits per heavy atom. The molecule has 11 nitrogen and oxygen atoms in total. The Hall–Kier alpha value is -3.71. The van der Waals surface area contributed by atoms with Gasteiger partial charge >= 0.3 is 12.2 Å². The number of amides is 3. The van der Waals surface area contributed by atoms with Gasteiger partial charge in [-0.25, -0.2) is 27.1 Å². The van der Waals surface area contributed by atoms with Crippen LogP contribution in [0, 0.1) is 23.6 Å². The molecule has 252 valence electrons. The van der Waals surface area contributed by atoms with Crippen LogP contribution in [-0.4, -0.2) is 58.9 Å². The molecular formula is C33H45FN4O7S. The summed E-state index contributed by atoms with van der Waals surface area (Å²) in [6.07, 6.45) is 0.738. The first-order valence-corrected chi connectivity index (χ1v) is 17.3. The summed E-state index contributed by atoms with van der Waals surface area (Å²) in [6.45, 7) is 10.2. The molecule has 2 aromatic rings. The minimum absolute atomic E-state index is 0.0571. The van der Waals surface area contributed by atoms with Crippen LogP contribution in [0.1, 0.15) is 71.9 Å². The first-order chi connectivity index (χ1) is 21.7. The van der Waals surface area contributed by atoms with Crippen LogP contribution in [0.25, 0.3) is 0 Å². The SMILES string of the molecule is CC(C)COC(=O)N1CCN(C(=O)OCC(C)C)c2cc(S(=O)(=O)NC3CCC(C(=O)N[C@H](C)c4ccc(F)cc4)CC3)ccc21. The summed E-state index contributed by atoms with van der Waals surface area (Å²) in [6, 6.07) is 9.60. The largest absolute Gasteiger partial charge is 0.449 e. The fraction of sp³-hybridized carbons (Fsp3) is 0.545. The molecule has 13 heteroatoms. The molecule has 1 saturated carbocycles. The zero-order valence-corrected chi connectivity index (χ0v) is 27.9. The number of fused-ring (bicyclic) bond motifs is 1. The van der Waals surface area contributed by atoms with Crippen molar-refractivity contribution in [2.75, 3.05) is 36.1 Å². The molecule has 0 spiro atoms. The standard InChI is InChI=1S/C33H45FN4O7S/c1-21(2)19-44-32(40)37-16-17-38(33(41)45-20-22(3)4)30-18-28(14-15-29(30)37)46(42,43)36-27-12-8-25(9-13-27)31(39)35-23(5)24-6-10-26(34)11-7-24/h6-7,10-11,14-15,18,21-23,25,27,36H,8-9,12-13,16-17,19-20H2,1-5H3,(H,35,39)/t23-,25?,27?/m1/s1. The number of benzene rings is 2. The maximum atomic E-state index is 13.6. The van der Waals surface area contributed by atoms with Crippen molar-refractivity contribution in [1.82, 2.24) is 10.0 Å². The van der Waals surface area contributed by atoms with Crippen LogP contribution in [0.3, 0.4) is 0 Å². The number of rotatable bonds is 10. The summed E-state index contributed by atoms with van der Waals surface area (Å²) < 4.78 is 54.0. The topological polar surface area (TPSA) is 134 Å². The van der Waals surface area contributed by atoms with E-state index >= 15 is 0 Å². The van der Waals surface area contributed by atoms with E-state index in [-0.39, 0.29) is 78.4 Å². The van der Waals surface area contributed by atoms with Crippen LogP contribution in [0.2, 0.25) is 0 Å². The van der Waals surface area contributed by atoms with Gasteiger partial charge in [0.2, 0.25) is 15.9 Å². The molecule has 0 bridgehead atoms. The molecule has 0 radical (unpaired) electrons. The highest BCUT2D eigenvalue weighted by molar-refractivity contribution is 7.89. The van der Waals surface area contributed by atoms with E-state index in [1.165, 1.54) is 40.1 Å². The predicted octanol–water partition coefficient (Wildman–Crippen LogP) is 5.75. The number of carbonyl (C=O) groups excluding carboxylic acids is 3. The third-order valence-corrected chi connectivity index (χ3v) is 9.57. The van der Waals surface area contributed by atoms with Gasteiger partial charge in [-0.3, -0.25) is 14.6 Å². The third kappa shape index (κ3) is 8.97. The maximum Gasteiger partial charge on any atom is 0.414 e. The molecule has 1 heterocycles. The second kappa shape index (κ2) is 15.3. The highest BCUT2D eigenvalue weighted by Crippen LogP contribution is 2.37. The molecule has 2 N–H and O–H groups in total. The van der Waals surface area contributed by atoms with Gasteiger partial charge in [-0.05, 0) is 80.3 Å². The van der Waals surface area contributed by atoms with E-state index in [9.17, 15) is 27.2 Å². The van der Waals surface area contributed by atoms with E-state index in [1.54, 1.807) is 12.1 Å². The molecule has 0 unspecified atom stereocenters. The molecule has 46 heavy (non-hydrogen) atoms. The van der Waals surface area contributed by atoms with Gasteiger partial charge in [-0.1, -0.05) is 39.8 Å². The molecule has 3 amide bonds. The zero-order valence-electron chi connectivity index (χ0n) is 27.1. The van der Waals surface area contributed by atoms with Gasteiger partial charge < -0.3 is 14.8 Å². The molecule has 4 rings (SSSR count). The Kier molecular flexibility index (Phi) is 11.7. The molecule has 0 saturated heterocycles. The lowest BCUT2D eigenvalue weighted by Crippen LogP contribution is -2.47. The molecule has 0 aromatic heterocycles. The van der Waals surface area contributed by atoms with E-state index in [0.29, 0.717) is 31.4 Å². The van der Waals surface area contributed by atoms with Crippen molar-refractivity contribution in [1.29, 1.82) is 0 Å².